The third-order valence-corrected chi connectivity index (χ3v) is 5.86. The Morgan fingerprint density at radius 1 is 1.29 bits per heavy atom. The minimum atomic E-state index is -0.530. The smallest absolute Gasteiger partial charge is 0.251 e. The first-order chi connectivity index (χ1) is 13.6. The van der Waals surface area contributed by atoms with Gasteiger partial charge in [-0.2, -0.15) is 0 Å². The molecule has 8 heteroatoms. The summed E-state index contributed by atoms with van der Waals surface area (Å²) < 4.78 is 13.3. The summed E-state index contributed by atoms with van der Waals surface area (Å²) in [6.07, 6.45) is 2.99. The first-order valence-corrected chi connectivity index (χ1v) is 9.19. The van der Waals surface area contributed by atoms with Gasteiger partial charge in [0.05, 0.1) is 22.2 Å². The largest absolute Gasteiger partial charge is 0.366 e. The number of hydrogen-bond donors (Lipinski definition) is 3. The molecule has 1 amide bonds. The number of carbonyl (C=O) groups is 1. The highest BCUT2D eigenvalue weighted by atomic mass is 19.1. The van der Waals surface area contributed by atoms with E-state index in [9.17, 15) is 9.18 Å². The SMILES string of the molecule is NC(=O)c1cnc(C23CNCC2C3NCc2ccc3cc(F)ccc3n2)nc1. The van der Waals surface area contributed by atoms with E-state index >= 15 is 0 Å². The number of hydrogen-bond acceptors (Lipinski definition) is 6. The average Bonchev–Trinajstić information content (AvgIpc) is 3.09. The zero-order valence-corrected chi connectivity index (χ0v) is 15.0. The minimum Gasteiger partial charge on any atom is -0.366 e. The van der Waals surface area contributed by atoms with Crippen LogP contribution in [-0.2, 0) is 12.0 Å². The number of nitrogens with one attached hydrogen (secondary N) is 2. The van der Waals surface area contributed by atoms with Crippen molar-refractivity contribution in [3.63, 3.8) is 0 Å². The van der Waals surface area contributed by atoms with Crippen LogP contribution in [0.5, 0.6) is 0 Å². The fourth-order valence-electron chi connectivity index (χ4n) is 4.35. The number of primary amides is 1. The summed E-state index contributed by atoms with van der Waals surface area (Å²) in [7, 11) is 0. The van der Waals surface area contributed by atoms with Crippen molar-refractivity contribution < 1.29 is 9.18 Å². The molecule has 1 saturated carbocycles. The molecule has 2 aliphatic rings. The monoisotopic (exact) mass is 378 g/mol. The number of aromatic nitrogens is 3. The van der Waals surface area contributed by atoms with Crippen molar-refractivity contribution >= 4 is 16.8 Å². The predicted molar refractivity (Wildman–Crippen MR) is 101 cm³/mol. The molecule has 0 radical (unpaired) electrons. The van der Waals surface area contributed by atoms with Crippen LogP contribution in [0.1, 0.15) is 21.9 Å². The molecule has 3 heterocycles. The molecule has 1 aromatic carbocycles. The second-order valence-electron chi connectivity index (χ2n) is 7.44. The van der Waals surface area contributed by atoms with Crippen molar-refractivity contribution in [1.82, 2.24) is 25.6 Å². The first-order valence-electron chi connectivity index (χ1n) is 9.19. The topological polar surface area (TPSA) is 106 Å². The summed E-state index contributed by atoms with van der Waals surface area (Å²) in [6, 6.07) is 8.64. The predicted octanol–water partition coefficient (Wildman–Crippen LogP) is 0.892. The number of benzene rings is 1. The Hall–Kier alpha value is -2.97. The Bertz CT molecular complexity index is 1070. The molecule has 0 bridgehead atoms. The molecule has 142 valence electrons. The van der Waals surface area contributed by atoms with Gasteiger partial charge in [0.2, 0.25) is 0 Å². The third-order valence-electron chi connectivity index (χ3n) is 5.86. The number of pyridine rings is 1. The highest BCUT2D eigenvalue weighted by Gasteiger charge is 2.69. The summed E-state index contributed by atoms with van der Waals surface area (Å²) >= 11 is 0. The third kappa shape index (κ3) is 2.64. The highest BCUT2D eigenvalue weighted by Crippen LogP contribution is 2.55. The van der Waals surface area contributed by atoms with Gasteiger partial charge in [0, 0.05) is 49.4 Å². The van der Waals surface area contributed by atoms with Crippen LogP contribution in [0.2, 0.25) is 0 Å². The van der Waals surface area contributed by atoms with Crippen LogP contribution >= 0.6 is 0 Å². The Kier molecular flexibility index (Phi) is 3.85. The van der Waals surface area contributed by atoms with Gasteiger partial charge >= 0.3 is 0 Å². The molecule has 2 fully saturated rings. The van der Waals surface area contributed by atoms with E-state index in [0.29, 0.717) is 18.0 Å². The maximum Gasteiger partial charge on any atom is 0.251 e. The van der Waals surface area contributed by atoms with Crippen LogP contribution in [-0.4, -0.2) is 40.0 Å². The maximum absolute atomic E-state index is 13.3. The van der Waals surface area contributed by atoms with Gasteiger partial charge in [0.1, 0.15) is 11.6 Å². The summed E-state index contributed by atoms with van der Waals surface area (Å²) in [5.41, 5.74) is 7.09. The maximum atomic E-state index is 13.3. The standard InChI is InChI=1S/C20H19FN6O/c21-13-2-4-16-11(5-13)1-3-14(27-16)8-24-17-15-9-23-10-20(15,17)19-25-6-12(7-26-19)18(22)28/h1-7,15,17,23-24H,8-10H2,(H2,22,28). The van der Waals surface area contributed by atoms with E-state index in [1.54, 1.807) is 6.07 Å². The second kappa shape index (κ2) is 6.29. The van der Waals surface area contributed by atoms with E-state index in [4.69, 9.17) is 5.73 Å². The normalized spacial score (nSPS) is 25.6. The molecule has 1 saturated heterocycles. The van der Waals surface area contributed by atoms with Gasteiger partial charge in [-0.25, -0.2) is 14.4 Å². The van der Waals surface area contributed by atoms with Crippen molar-refractivity contribution in [3.8, 4) is 0 Å². The number of halogens is 1. The van der Waals surface area contributed by atoms with E-state index in [0.717, 1.165) is 35.5 Å². The minimum absolute atomic E-state index is 0.170. The Balaban J connectivity index is 1.33. The Morgan fingerprint density at radius 3 is 2.89 bits per heavy atom. The number of nitrogens with zero attached hydrogens (tertiary/aromatic N) is 3. The lowest BCUT2D eigenvalue weighted by atomic mass is 10.0. The van der Waals surface area contributed by atoms with Crippen LogP contribution in [0, 0.1) is 11.7 Å². The number of carbonyl (C=O) groups excluding carboxylic acids is 1. The van der Waals surface area contributed by atoms with Gasteiger partial charge in [-0.3, -0.25) is 9.78 Å². The highest BCUT2D eigenvalue weighted by molar-refractivity contribution is 5.92. The van der Waals surface area contributed by atoms with Crippen molar-refractivity contribution in [2.45, 2.75) is 18.0 Å². The summed E-state index contributed by atoms with van der Waals surface area (Å²) in [4.78, 5) is 24.7. The molecule has 3 unspecified atom stereocenters. The van der Waals surface area contributed by atoms with E-state index in [1.165, 1.54) is 24.5 Å². The van der Waals surface area contributed by atoms with E-state index in [1.807, 2.05) is 12.1 Å². The van der Waals surface area contributed by atoms with Gasteiger partial charge in [-0.05, 0) is 24.3 Å². The molecule has 3 atom stereocenters. The van der Waals surface area contributed by atoms with Gasteiger partial charge in [-0.1, -0.05) is 6.07 Å². The molecule has 1 aliphatic carbocycles. The summed E-state index contributed by atoms with van der Waals surface area (Å²) in [5.74, 6) is 0.328. The second-order valence-corrected chi connectivity index (χ2v) is 7.44. The van der Waals surface area contributed by atoms with Gasteiger partial charge in [0.25, 0.3) is 5.91 Å². The van der Waals surface area contributed by atoms with E-state index in [2.05, 4.69) is 25.6 Å². The fourth-order valence-corrected chi connectivity index (χ4v) is 4.35. The van der Waals surface area contributed by atoms with Gasteiger partial charge in [0.15, 0.2) is 0 Å². The first kappa shape index (κ1) is 17.2. The lowest BCUT2D eigenvalue weighted by molar-refractivity contribution is 0.0999. The van der Waals surface area contributed by atoms with Gasteiger partial charge < -0.3 is 16.4 Å². The number of amides is 1. The molecule has 3 aromatic rings. The van der Waals surface area contributed by atoms with Crippen LogP contribution in [0.25, 0.3) is 10.9 Å². The van der Waals surface area contributed by atoms with Crippen molar-refractivity contribution in [2.24, 2.45) is 11.7 Å². The summed E-state index contributed by atoms with van der Waals surface area (Å²) in [6.45, 7) is 2.29. The van der Waals surface area contributed by atoms with Crippen LogP contribution in [0.3, 0.4) is 0 Å². The van der Waals surface area contributed by atoms with E-state index in [-0.39, 0.29) is 17.3 Å². The molecule has 4 N–H and O–H groups in total. The molecule has 1 aliphatic heterocycles. The number of nitrogens with two attached hydrogens (primary N) is 1. The van der Waals surface area contributed by atoms with Gasteiger partial charge in [-0.15, -0.1) is 0 Å². The molecule has 28 heavy (non-hydrogen) atoms. The molecular formula is C20H19FN6O. The zero-order chi connectivity index (χ0) is 19.3. The van der Waals surface area contributed by atoms with Crippen molar-refractivity contribution in [1.29, 1.82) is 0 Å². The van der Waals surface area contributed by atoms with Crippen molar-refractivity contribution in [3.05, 3.63) is 65.6 Å². The van der Waals surface area contributed by atoms with Crippen LogP contribution < -0.4 is 16.4 Å². The fraction of sp³-hybridized carbons (Fsp3) is 0.300. The average molecular weight is 378 g/mol. The van der Waals surface area contributed by atoms with Crippen LogP contribution in [0.4, 0.5) is 4.39 Å². The number of piperidine rings is 1. The zero-order valence-electron chi connectivity index (χ0n) is 15.0. The molecular weight excluding hydrogens is 359 g/mol. The molecule has 2 aromatic heterocycles. The Labute approximate surface area is 160 Å². The Morgan fingerprint density at radius 2 is 2.11 bits per heavy atom. The number of fused-ring (bicyclic) bond motifs is 2. The number of rotatable bonds is 5. The van der Waals surface area contributed by atoms with E-state index < -0.39 is 5.91 Å². The molecule has 0 spiro atoms. The summed E-state index contributed by atoms with van der Waals surface area (Å²) in [5, 5.41) is 7.76. The lowest BCUT2D eigenvalue weighted by Gasteiger charge is -2.15. The molecule has 5 rings (SSSR count). The molecule has 7 nitrogen and oxygen atoms in total. The van der Waals surface area contributed by atoms with Crippen LogP contribution in [0.15, 0.2) is 42.7 Å². The van der Waals surface area contributed by atoms with Crippen molar-refractivity contribution in [2.75, 3.05) is 13.1 Å². The quantitative estimate of drug-likeness (QED) is 0.609. The lowest BCUT2D eigenvalue weighted by Crippen LogP contribution is -2.34.